The number of nitrogens with two attached hydrogens (primary N) is 1. The Kier molecular flexibility index (Phi) is 6.52. The van der Waals surface area contributed by atoms with Gasteiger partial charge in [0, 0.05) is 23.5 Å². The molecule has 0 spiro atoms. The van der Waals surface area contributed by atoms with Gasteiger partial charge in [0.1, 0.15) is 5.75 Å². The van der Waals surface area contributed by atoms with Crippen LogP contribution in [0.3, 0.4) is 0 Å². The second kappa shape index (κ2) is 8.16. The number of ether oxygens (including phenoxy) is 2. The number of aryl methyl sites for hydroxylation is 1. The molecular weight excluding hydrogens is 330 g/mol. The summed E-state index contributed by atoms with van der Waals surface area (Å²) in [5.41, 5.74) is 8.47. The van der Waals surface area contributed by atoms with E-state index in [0.29, 0.717) is 12.7 Å². The molecule has 0 aliphatic carbocycles. The minimum Gasteiger partial charge on any atom is -0.493 e. The lowest BCUT2D eigenvalue weighted by Gasteiger charge is -2.18. The lowest BCUT2D eigenvalue weighted by molar-refractivity contribution is 0.0901. The fourth-order valence-corrected chi connectivity index (χ4v) is 3.37. The summed E-state index contributed by atoms with van der Waals surface area (Å²) >= 11 is 3.56. The minimum absolute atomic E-state index is 0.180. The predicted octanol–water partition coefficient (Wildman–Crippen LogP) is 3.99. The summed E-state index contributed by atoms with van der Waals surface area (Å²) in [7, 11) is 0. The third kappa shape index (κ3) is 4.97. The van der Waals surface area contributed by atoms with Crippen LogP contribution in [-0.2, 0) is 11.2 Å². The molecule has 21 heavy (non-hydrogen) atoms. The normalized spacial score (nSPS) is 19.7. The Morgan fingerprint density at radius 1 is 1.48 bits per heavy atom. The first-order valence-electron chi connectivity index (χ1n) is 7.89. The smallest absolute Gasteiger partial charge is 0.125 e. The first-order valence-corrected chi connectivity index (χ1v) is 8.68. The Hall–Kier alpha value is -0.580. The van der Waals surface area contributed by atoms with Gasteiger partial charge in [-0.3, -0.25) is 0 Å². The largest absolute Gasteiger partial charge is 0.493 e. The molecule has 1 aliphatic heterocycles. The zero-order chi connectivity index (χ0) is 15.2. The Balaban J connectivity index is 2.01. The van der Waals surface area contributed by atoms with Gasteiger partial charge >= 0.3 is 0 Å². The van der Waals surface area contributed by atoms with Crippen molar-refractivity contribution in [2.45, 2.75) is 58.1 Å². The van der Waals surface area contributed by atoms with Crippen LogP contribution in [0.5, 0.6) is 5.75 Å². The molecule has 2 N–H and O–H groups in total. The van der Waals surface area contributed by atoms with Crippen molar-refractivity contribution in [1.29, 1.82) is 0 Å². The number of benzene rings is 1. The summed E-state index contributed by atoms with van der Waals surface area (Å²) in [6.45, 7) is 5.82. The van der Waals surface area contributed by atoms with E-state index < -0.39 is 0 Å². The highest BCUT2D eigenvalue weighted by Crippen LogP contribution is 2.30. The second-order valence-corrected chi connectivity index (χ2v) is 6.77. The average molecular weight is 356 g/mol. The SMILES string of the molecule is CCC(N)Cc1cc(Br)cc(C)c1OCCC1CCCO1. The van der Waals surface area contributed by atoms with Gasteiger partial charge < -0.3 is 15.2 Å². The van der Waals surface area contributed by atoms with E-state index in [4.69, 9.17) is 15.2 Å². The summed E-state index contributed by atoms with van der Waals surface area (Å²) < 4.78 is 12.8. The lowest BCUT2D eigenvalue weighted by Crippen LogP contribution is -2.22. The van der Waals surface area contributed by atoms with Crippen LogP contribution < -0.4 is 10.5 Å². The molecule has 0 amide bonds. The Morgan fingerprint density at radius 3 is 2.95 bits per heavy atom. The molecule has 1 aromatic carbocycles. The van der Waals surface area contributed by atoms with E-state index in [1.54, 1.807) is 0 Å². The molecule has 2 rings (SSSR count). The lowest BCUT2D eigenvalue weighted by atomic mass is 10.0. The van der Waals surface area contributed by atoms with Gasteiger partial charge in [0.15, 0.2) is 0 Å². The van der Waals surface area contributed by atoms with Crippen molar-refractivity contribution in [1.82, 2.24) is 0 Å². The molecule has 1 aromatic rings. The topological polar surface area (TPSA) is 44.5 Å². The van der Waals surface area contributed by atoms with Crippen molar-refractivity contribution in [2.75, 3.05) is 13.2 Å². The molecule has 1 saturated heterocycles. The number of halogens is 1. The van der Waals surface area contributed by atoms with E-state index in [2.05, 4.69) is 41.9 Å². The first-order chi connectivity index (χ1) is 10.1. The van der Waals surface area contributed by atoms with Crippen LogP contribution in [0, 0.1) is 6.92 Å². The standard InChI is InChI=1S/C17H26BrNO2/c1-3-15(19)11-13-10-14(18)9-12(2)17(13)21-8-6-16-5-4-7-20-16/h9-10,15-16H,3-8,11,19H2,1-2H3. The van der Waals surface area contributed by atoms with Crippen LogP contribution in [0.25, 0.3) is 0 Å². The van der Waals surface area contributed by atoms with Crippen LogP contribution in [0.4, 0.5) is 0 Å². The van der Waals surface area contributed by atoms with Crippen molar-refractivity contribution in [3.05, 3.63) is 27.7 Å². The molecule has 0 radical (unpaired) electrons. The van der Waals surface area contributed by atoms with Crippen molar-refractivity contribution < 1.29 is 9.47 Å². The monoisotopic (exact) mass is 355 g/mol. The maximum Gasteiger partial charge on any atom is 0.125 e. The van der Waals surface area contributed by atoms with Crippen LogP contribution in [0.2, 0.25) is 0 Å². The maximum atomic E-state index is 6.11. The molecule has 3 nitrogen and oxygen atoms in total. The van der Waals surface area contributed by atoms with Gasteiger partial charge in [-0.15, -0.1) is 0 Å². The molecule has 4 heteroatoms. The fraction of sp³-hybridized carbons (Fsp3) is 0.647. The van der Waals surface area contributed by atoms with Crippen LogP contribution >= 0.6 is 15.9 Å². The fourth-order valence-electron chi connectivity index (χ4n) is 2.75. The summed E-state index contributed by atoms with van der Waals surface area (Å²) in [6, 6.07) is 4.41. The van der Waals surface area contributed by atoms with E-state index in [1.807, 2.05) is 0 Å². The van der Waals surface area contributed by atoms with Crippen LogP contribution in [0.1, 0.15) is 43.7 Å². The van der Waals surface area contributed by atoms with E-state index in [0.717, 1.165) is 48.1 Å². The van der Waals surface area contributed by atoms with E-state index >= 15 is 0 Å². The Labute approximate surface area is 136 Å². The summed E-state index contributed by atoms with van der Waals surface area (Å²) in [6.07, 6.45) is 5.51. The molecule has 0 bridgehead atoms. The molecule has 0 aromatic heterocycles. The highest BCUT2D eigenvalue weighted by atomic mass is 79.9. The Bertz CT molecular complexity index is 458. The van der Waals surface area contributed by atoms with E-state index in [9.17, 15) is 0 Å². The van der Waals surface area contributed by atoms with Gasteiger partial charge in [-0.1, -0.05) is 22.9 Å². The molecule has 2 unspecified atom stereocenters. The summed E-state index contributed by atoms with van der Waals surface area (Å²) in [5, 5.41) is 0. The van der Waals surface area contributed by atoms with Crippen LogP contribution in [0.15, 0.2) is 16.6 Å². The maximum absolute atomic E-state index is 6.11. The van der Waals surface area contributed by atoms with Gasteiger partial charge in [0.25, 0.3) is 0 Å². The highest BCUT2D eigenvalue weighted by Gasteiger charge is 2.17. The van der Waals surface area contributed by atoms with Gasteiger partial charge in [-0.05, 0) is 55.9 Å². The Morgan fingerprint density at radius 2 is 2.29 bits per heavy atom. The number of rotatable bonds is 7. The number of hydrogen-bond acceptors (Lipinski definition) is 3. The zero-order valence-corrected chi connectivity index (χ0v) is 14.6. The third-order valence-electron chi connectivity index (χ3n) is 4.03. The number of hydrogen-bond donors (Lipinski definition) is 1. The highest BCUT2D eigenvalue weighted by molar-refractivity contribution is 9.10. The van der Waals surface area contributed by atoms with E-state index in [-0.39, 0.29) is 6.04 Å². The molecule has 1 fully saturated rings. The van der Waals surface area contributed by atoms with Crippen molar-refractivity contribution >= 4 is 15.9 Å². The van der Waals surface area contributed by atoms with Crippen molar-refractivity contribution in [3.8, 4) is 5.75 Å². The minimum atomic E-state index is 0.180. The first kappa shape index (κ1) is 16.8. The molecule has 1 heterocycles. The molecular formula is C17H26BrNO2. The zero-order valence-electron chi connectivity index (χ0n) is 13.0. The van der Waals surface area contributed by atoms with Gasteiger partial charge in [-0.2, -0.15) is 0 Å². The molecule has 0 saturated carbocycles. The van der Waals surface area contributed by atoms with Crippen LogP contribution in [-0.4, -0.2) is 25.4 Å². The quantitative estimate of drug-likeness (QED) is 0.804. The van der Waals surface area contributed by atoms with E-state index in [1.165, 1.54) is 12.0 Å². The van der Waals surface area contributed by atoms with Gasteiger partial charge in [0.05, 0.1) is 12.7 Å². The molecule has 2 atom stereocenters. The van der Waals surface area contributed by atoms with Crippen molar-refractivity contribution in [3.63, 3.8) is 0 Å². The summed E-state index contributed by atoms with van der Waals surface area (Å²) in [5.74, 6) is 1.00. The second-order valence-electron chi connectivity index (χ2n) is 5.86. The van der Waals surface area contributed by atoms with Gasteiger partial charge in [-0.25, -0.2) is 0 Å². The third-order valence-corrected chi connectivity index (χ3v) is 4.49. The van der Waals surface area contributed by atoms with Crippen molar-refractivity contribution in [2.24, 2.45) is 5.73 Å². The average Bonchev–Trinajstić information content (AvgIpc) is 2.94. The predicted molar refractivity (Wildman–Crippen MR) is 89.9 cm³/mol. The summed E-state index contributed by atoms with van der Waals surface area (Å²) in [4.78, 5) is 0. The van der Waals surface area contributed by atoms with Gasteiger partial charge in [0.2, 0.25) is 0 Å². The molecule has 1 aliphatic rings. The molecule has 118 valence electrons.